The van der Waals surface area contributed by atoms with Gasteiger partial charge in [-0.05, 0) is 12.8 Å². The van der Waals surface area contributed by atoms with E-state index in [2.05, 4.69) is 37.3 Å². The first-order valence-electron chi connectivity index (χ1n) is 11.8. The number of allylic oxidation sites excluding steroid dienone is 1. The summed E-state index contributed by atoms with van der Waals surface area (Å²) in [5.74, 6) is 0. The lowest BCUT2D eigenvalue weighted by Crippen LogP contribution is -2.21. The first-order chi connectivity index (χ1) is 13.6. The normalized spacial score (nSPS) is 10.6. The van der Waals surface area contributed by atoms with Gasteiger partial charge < -0.3 is 16.4 Å². The maximum absolute atomic E-state index is 5.55. The summed E-state index contributed by atoms with van der Waals surface area (Å²) in [6.45, 7) is 15.9. The third kappa shape index (κ3) is 20.9. The Labute approximate surface area is 176 Å². The highest BCUT2D eigenvalue weighted by molar-refractivity contribution is 4.97. The van der Waals surface area contributed by atoms with Crippen molar-refractivity contribution in [2.75, 3.05) is 13.1 Å². The molecule has 0 aromatic rings. The maximum atomic E-state index is 5.55. The van der Waals surface area contributed by atoms with Crippen LogP contribution in [0.1, 0.15) is 110 Å². The van der Waals surface area contributed by atoms with E-state index in [4.69, 9.17) is 5.73 Å². The van der Waals surface area contributed by atoms with E-state index < -0.39 is 0 Å². The lowest BCUT2D eigenvalue weighted by molar-refractivity contribution is 0.537. The summed E-state index contributed by atoms with van der Waals surface area (Å²) >= 11 is 0. The molecule has 0 unspecified atom stereocenters. The van der Waals surface area contributed by atoms with Gasteiger partial charge in [-0.1, -0.05) is 104 Å². The van der Waals surface area contributed by atoms with Crippen molar-refractivity contribution >= 4 is 0 Å². The topological polar surface area (TPSA) is 50.1 Å². The Hall–Kier alpha value is -1.38. The van der Waals surface area contributed by atoms with Crippen LogP contribution in [0.15, 0.2) is 36.8 Å². The van der Waals surface area contributed by atoms with Gasteiger partial charge in [0.05, 0.1) is 0 Å². The van der Waals surface area contributed by atoms with Gasteiger partial charge in [-0.2, -0.15) is 0 Å². The maximum Gasteiger partial charge on any atom is 0.0198 e. The van der Waals surface area contributed by atoms with E-state index in [0.29, 0.717) is 5.70 Å². The standard InChI is InChI=1S/C25H49N3/c1-5-6-7-8-9-10-11-12-13-14-15-16-17-18-24(3)28-22-20-25(4)27-21-19-23(2)26/h27-28H,2-22,26H2,1H3. The fourth-order valence-electron chi connectivity index (χ4n) is 3.32. The van der Waals surface area contributed by atoms with E-state index in [-0.39, 0.29) is 0 Å². The third-order valence-corrected chi connectivity index (χ3v) is 5.20. The average molecular weight is 392 g/mol. The van der Waals surface area contributed by atoms with Crippen LogP contribution in [-0.4, -0.2) is 13.1 Å². The largest absolute Gasteiger partial charge is 0.402 e. The Morgan fingerprint density at radius 2 is 0.964 bits per heavy atom. The summed E-state index contributed by atoms with van der Waals surface area (Å²) in [5.41, 5.74) is 8.47. The van der Waals surface area contributed by atoms with Crippen molar-refractivity contribution < 1.29 is 0 Å². The second kappa shape index (κ2) is 20.4. The van der Waals surface area contributed by atoms with E-state index in [1.807, 2.05) is 0 Å². The molecule has 0 saturated heterocycles. The molecule has 0 heterocycles. The summed E-state index contributed by atoms with van der Waals surface area (Å²) in [7, 11) is 0. The fraction of sp³-hybridized carbons (Fsp3) is 0.760. The number of hydrogen-bond acceptors (Lipinski definition) is 3. The molecule has 0 aliphatic rings. The molecular weight excluding hydrogens is 342 g/mol. The Kier molecular flexibility index (Phi) is 19.4. The highest BCUT2D eigenvalue weighted by Crippen LogP contribution is 2.13. The van der Waals surface area contributed by atoms with Crippen molar-refractivity contribution in [3.05, 3.63) is 36.8 Å². The molecule has 0 spiro atoms. The van der Waals surface area contributed by atoms with Crippen molar-refractivity contribution in [1.82, 2.24) is 10.6 Å². The van der Waals surface area contributed by atoms with Crippen LogP contribution in [0.3, 0.4) is 0 Å². The Bertz CT molecular complexity index is 401. The number of hydrogen-bond donors (Lipinski definition) is 3. The molecule has 0 rings (SSSR count). The highest BCUT2D eigenvalue weighted by atomic mass is 14.9. The van der Waals surface area contributed by atoms with Gasteiger partial charge in [0, 0.05) is 43.0 Å². The molecule has 0 atom stereocenters. The summed E-state index contributed by atoms with van der Waals surface area (Å²) in [6.07, 6.45) is 21.0. The minimum atomic E-state index is 0.713. The van der Waals surface area contributed by atoms with E-state index in [1.165, 1.54) is 83.5 Å². The minimum Gasteiger partial charge on any atom is -0.402 e. The molecule has 3 nitrogen and oxygen atoms in total. The molecule has 0 amide bonds. The molecule has 164 valence electrons. The Morgan fingerprint density at radius 1 is 0.571 bits per heavy atom. The molecule has 0 aliphatic heterocycles. The lowest BCUT2D eigenvalue weighted by atomic mass is 10.0. The molecule has 28 heavy (non-hydrogen) atoms. The number of rotatable bonds is 22. The molecule has 4 N–H and O–H groups in total. The fourth-order valence-corrected chi connectivity index (χ4v) is 3.32. The molecule has 0 fully saturated rings. The summed E-state index contributed by atoms with van der Waals surface area (Å²) in [6, 6.07) is 0. The van der Waals surface area contributed by atoms with Crippen LogP contribution >= 0.6 is 0 Å². The van der Waals surface area contributed by atoms with Crippen molar-refractivity contribution in [3.63, 3.8) is 0 Å². The van der Waals surface area contributed by atoms with Gasteiger partial charge >= 0.3 is 0 Å². The van der Waals surface area contributed by atoms with Gasteiger partial charge in [-0.15, -0.1) is 0 Å². The van der Waals surface area contributed by atoms with E-state index in [0.717, 1.165) is 43.7 Å². The molecule has 0 saturated carbocycles. The van der Waals surface area contributed by atoms with Gasteiger partial charge in [0.2, 0.25) is 0 Å². The predicted molar refractivity (Wildman–Crippen MR) is 127 cm³/mol. The second-order valence-corrected chi connectivity index (χ2v) is 8.21. The first-order valence-corrected chi connectivity index (χ1v) is 11.8. The van der Waals surface area contributed by atoms with Gasteiger partial charge in [-0.3, -0.25) is 0 Å². The smallest absolute Gasteiger partial charge is 0.0198 e. The van der Waals surface area contributed by atoms with Crippen LogP contribution in [0.25, 0.3) is 0 Å². The molecule has 0 bridgehead atoms. The summed E-state index contributed by atoms with van der Waals surface area (Å²) < 4.78 is 0. The van der Waals surface area contributed by atoms with Gasteiger partial charge in [-0.25, -0.2) is 0 Å². The second-order valence-electron chi connectivity index (χ2n) is 8.21. The Morgan fingerprint density at radius 3 is 1.43 bits per heavy atom. The van der Waals surface area contributed by atoms with Crippen molar-refractivity contribution in [2.45, 2.75) is 110 Å². The van der Waals surface area contributed by atoms with Crippen LogP contribution < -0.4 is 16.4 Å². The highest BCUT2D eigenvalue weighted by Gasteiger charge is 1.98. The van der Waals surface area contributed by atoms with Crippen LogP contribution in [0.4, 0.5) is 0 Å². The van der Waals surface area contributed by atoms with Crippen molar-refractivity contribution in [3.8, 4) is 0 Å². The van der Waals surface area contributed by atoms with Crippen LogP contribution in [0.5, 0.6) is 0 Å². The van der Waals surface area contributed by atoms with E-state index >= 15 is 0 Å². The van der Waals surface area contributed by atoms with Gasteiger partial charge in [0.15, 0.2) is 0 Å². The number of nitrogens with one attached hydrogen (secondary N) is 2. The van der Waals surface area contributed by atoms with Crippen LogP contribution in [0, 0.1) is 0 Å². The van der Waals surface area contributed by atoms with Gasteiger partial charge in [0.25, 0.3) is 0 Å². The zero-order chi connectivity index (χ0) is 20.9. The molecule has 0 aromatic heterocycles. The van der Waals surface area contributed by atoms with Crippen molar-refractivity contribution in [2.24, 2.45) is 5.73 Å². The Balaban J connectivity index is 3.28. The minimum absolute atomic E-state index is 0.713. The quantitative estimate of drug-likeness (QED) is 0.175. The van der Waals surface area contributed by atoms with E-state index in [1.54, 1.807) is 0 Å². The average Bonchev–Trinajstić information content (AvgIpc) is 2.65. The van der Waals surface area contributed by atoms with E-state index in [9.17, 15) is 0 Å². The number of nitrogens with two attached hydrogens (primary N) is 1. The molecule has 0 aromatic carbocycles. The zero-order valence-electron chi connectivity index (χ0n) is 18.9. The van der Waals surface area contributed by atoms with Crippen LogP contribution in [0.2, 0.25) is 0 Å². The summed E-state index contributed by atoms with van der Waals surface area (Å²) in [5, 5.41) is 6.70. The SMILES string of the molecule is C=C(N)CCNC(=C)CCNC(=C)CCCCCCCCCCCCCCC. The first kappa shape index (κ1) is 26.6. The number of unbranched alkanes of at least 4 members (excludes halogenated alkanes) is 12. The van der Waals surface area contributed by atoms with Gasteiger partial charge in [0.1, 0.15) is 0 Å². The molecule has 3 heteroatoms. The van der Waals surface area contributed by atoms with Crippen LogP contribution in [-0.2, 0) is 0 Å². The molecule has 0 aliphatic carbocycles. The molecular formula is C25H49N3. The lowest BCUT2D eigenvalue weighted by Gasteiger charge is -2.12. The zero-order valence-corrected chi connectivity index (χ0v) is 18.9. The predicted octanol–water partition coefficient (Wildman–Crippen LogP) is 6.93. The molecule has 0 radical (unpaired) electrons. The monoisotopic (exact) mass is 391 g/mol. The van der Waals surface area contributed by atoms with Crippen molar-refractivity contribution in [1.29, 1.82) is 0 Å². The summed E-state index contributed by atoms with van der Waals surface area (Å²) in [4.78, 5) is 0. The third-order valence-electron chi connectivity index (χ3n) is 5.20.